The van der Waals surface area contributed by atoms with Crippen LogP contribution in [-0.4, -0.2) is 30.3 Å². The van der Waals surface area contributed by atoms with Gasteiger partial charge in [-0.3, -0.25) is 0 Å². The molecule has 0 saturated carbocycles. The van der Waals surface area contributed by atoms with Crippen LogP contribution in [0.1, 0.15) is 10.5 Å². The second-order valence-electron chi connectivity index (χ2n) is 3.78. The molecule has 1 aromatic heterocycles. The largest absolute Gasteiger partial charge is 0.497 e. The maximum atomic E-state index is 11.1. The molecule has 0 spiro atoms. The fraction of sp³-hybridized carbons (Fsp3) is 0.143. The van der Waals surface area contributed by atoms with E-state index >= 15 is 0 Å². The third kappa shape index (κ3) is 2.65. The van der Waals surface area contributed by atoms with Crippen molar-refractivity contribution >= 4 is 5.97 Å². The van der Waals surface area contributed by atoms with E-state index < -0.39 is 5.97 Å². The Bertz CT molecular complexity index is 610. The average Bonchev–Trinajstić information content (AvgIpc) is 2.46. The number of methoxy groups -OCH3 is 2. The van der Waals surface area contributed by atoms with Crippen molar-refractivity contribution in [3.63, 3.8) is 0 Å². The van der Waals surface area contributed by atoms with Crippen molar-refractivity contribution in [2.75, 3.05) is 14.2 Å². The van der Waals surface area contributed by atoms with Crippen LogP contribution in [0.4, 0.5) is 0 Å². The van der Waals surface area contributed by atoms with E-state index in [0.717, 1.165) is 0 Å². The first kappa shape index (κ1) is 12.9. The van der Waals surface area contributed by atoms with Crippen LogP contribution in [0.5, 0.6) is 11.5 Å². The van der Waals surface area contributed by atoms with Gasteiger partial charge in [0.2, 0.25) is 0 Å². The van der Waals surface area contributed by atoms with E-state index in [1.807, 2.05) is 18.2 Å². The van der Waals surface area contributed by atoms with Gasteiger partial charge in [-0.05, 0) is 12.1 Å². The summed E-state index contributed by atoms with van der Waals surface area (Å²) in [6.45, 7) is 0. The number of hydrogen-bond acceptors (Lipinski definition) is 4. The number of rotatable bonds is 4. The molecule has 1 aromatic carbocycles. The Morgan fingerprint density at radius 3 is 2.53 bits per heavy atom. The van der Waals surface area contributed by atoms with Crippen molar-refractivity contribution in [3.8, 4) is 22.8 Å². The predicted molar refractivity (Wildman–Crippen MR) is 69.7 cm³/mol. The highest BCUT2D eigenvalue weighted by atomic mass is 16.5. The van der Waals surface area contributed by atoms with E-state index in [1.54, 1.807) is 19.2 Å². The van der Waals surface area contributed by atoms with E-state index in [9.17, 15) is 4.79 Å². The standard InChI is InChI=1S/C14H13NO4/c1-18-9-7-11(15-12(8-9)14(16)17)10-5-3-4-6-13(10)19-2/h3-8H,1-2H3,(H,16,17). The van der Waals surface area contributed by atoms with Crippen LogP contribution >= 0.6 is 0 Å². The normalized spacial score (nSPS) is 10.0. The number of ether oxygens (including phenoxy) is 2. The van der Waals surface area contributed by atoms with Gasteiger partial charge >= 0.3 is 5.97 Å². The first-order chi connectivity index (χ1) is 9.15. The zero-order valence-corrected chi connectivity index (χ0v) is 10.6. The van der Waals surface area contributed by atoms with Gasteiger partial charge in [0.25, 0.3) is 0 Å². The molecule has 0 atom stereocenters. The molecule has 5 nitrogen and oxygen atoms in total. The summed E-state index contributed by atoms with van der Waals surface area (Å²) in [7, 11) is 3.03. The molecule has 0 aliphatic heterocycles. The summed E-state index contributed by atoms with van der Waals surface area (Å²) < 4.78 is 10.3. The van der Waals surface area contributed by atoms with Gasteiger partial charge in [0.05, 0.1) is 19.9 Å². The van der Waals surface area contributed by atoms with Gasteiger partial charge in [-0.2, -0.15) is 0 Å². The number of hydrogen-bond donors (Lipinski definition) is 1. The second kappa shape index (κ2) is 5.39. The molecular weight excluding hydrogens is 246 g/mol. The molecule has 1 heterocycles. The Morgan fingerprint density at radius 2 is 1.89 bits per heavy atom. The molecule has 19 heavy (non-hydrogen) atoms. The number of aromatic carboxylic acids is 1. The quantitative estimate of drug-likeness (QED) is 0.913. The minimum absolute atomic E-state index is 0.0692. The molecule has 98 valence electrons. The molecule has 0 aliphatic carbocycles. The molecule has 0 bridgehead atoms. The third-order valence-corrected chi connectivity index (χ3v) is 2.64. The molecule has 1 N–H and O–H groups in total. The third-order valence-electron chi connectivity index (χ3n) is 2.64. The highest BCUT2D eigenvalue weighted by molar-refractivity contribution is 5.87. The number of carbonyl (C=O) groups is 1. The number of benzene rings is 1. The molecule has 2 rings (SSSR count). The van der Waals surface area contributed by atoms with Crippen LogP contribution in [0, 0.1) is 0 Å². The highest BCUT2D eigenvalue weighted by Gasteiger charge is 2.13. The van der Waals surface area contributed by atoms with Crippen molar-refractivity contribution < 1.29 is 19.4 Å². The van der Waals surface area contributed by atoms with Gasteiger partial charge in [0.1, 0.15) is 11.5 Å². The molecule has 0 saturated heterocycles. The topological polar surface area (TPSA) is 68.7 Å². The van der Waals surface area contributed by atoms with Gasteiger partial charge in [-0.25, -0.2) is 9.78 Å². The van der Waals surface area contributed by atoms with Crippen LogP contribution in [0.15, 0.2) is 36.4 Å². The van der Waals surface area contributed by atoms with Gasteiger partial charge in [0.15, 0.2) is 5.69 Å². The molecule has 0 aliphatic rings. The fourth-order valence-corrected chi connectivity index (χ4v) is 1.73. The lowest BCUT2D eigenvalue weighted by Gasteiger charge is -2.09. The number of nitrogens with zero attached hydrogens (tertiary/aromatic N) is 1. The molecule has 0 fully saturated rings. The first-order valence-corrected chi connectivity index (χ1v) is 5.58. The van der Waals surface area contributed by atoms with Crippen LogP contribution in [0.2, 0.25) is 0 Å². The molecule has 0 unspecified atom stereocenters. The monoisotopic (exact) mass is 259 g/mol. The van der Waals surface area contributed by atoms with E-state index in [4.69, 9.17) is 14.6 Å². The number of para-hydroxylation sites is 1. The summed E-state index contributed by atoms with van der Waals surface area (Å²) in [6.07, 6.45) is 0. The van der Waals surface area contributed by atoms with Gasteiger partial charge < -0.3 is 14.6 Å². The lowest BCUT2D eigenvalue weighted by Crippen LogP contribution is -2.02. The average molecular weight is 259 g/mol. The predicted octanol–water partition coefficient (Wildman–Crippen LogP) is 2.46. The van der Waals surface area contributed by atoms with Gasteiger partial charge in [-0.15, -0.1) is 0 Å². The molecular formula is C14H13NO4. The fourth-order valence-electron chi connectivity index (χ4n) is 1.73. The first-order valence-electron chi connectivity index (χ1n) is 5.58. The maximum absolute atomic E-state index is 11.1. The minimum atomic E-state index is -1.10. The Labute approximate surface area is 110 Å². The Hall–Kier alpha value is -2.56. The second-order valence-corrected chi connectivity index (χ2v) is 3.78. The number of carboxylic acid groups (broad SMARTS) is 1. The zero-order chi connectivity index (χ0) is 13.8. The molecule has 0 radical (unpaired) electrons. The number of pyridine rings is 1. The van der Waals surface area contributed by atoms with Gasteiger partial charge in [-0.1, -0.05) is 12.1 Å². The van der Waals surface area contributed by atoms with Crippen LogP contribution < -0.4 is 9.47 Å². The summed E-state index contributed by atoms with van der Waals surface area (Å²) in [5, 5.41) is 9.05. The Balaban J connectivity index is 2.61. The Kier molecular flexibility index (Phi) is 3.66. The molecule has 5 heteroatoms. The molecule has 0 amide bonds. The van der Waals surface area contributed by atoms with Crippen molar-refractivity contribution in [2.45, 2.75) is 0 Å². The summed E-state index contributed by atoms with van der Waals surface area (Å²) >= 11 is 0. The number of aromatic nitrogens is 1. The maximum Gasteiger partial charge on any atom is 0.354 e. The van der Waals surface area contributed by atoms with Gasteiger partial charge in [0, 0.05) is 17.7 Å². The summed E-state index contributed by atoms with van der Waals surface area (Å²) in [4.78, 5) is 15.2. The van der Waals surface area contributed by atoms with E-state index in [0.29, 0.717) is 22.8 Å². The van der Waals surface area contributed by atoms with E-state index in [1.165, 1.54) is 13.2 Å². The highest BCUT2D eigenvalue weighted by Crippen LogP contribution is 2.30. The Morgan fingerprint density at radius 1 is 1.16 bits per heavy atom. The van der Waals surface area contributed by atoms with Crippen molar-refractivity contribution in [1.29, 1.82) is 0 Å². The van der Waals surface area contributed by atoms with Crippen molar-refractivity contribution in [1.82, 2.24) is 4.98 Å². The van der Waals surface area contributed by atoms with Crippen molar-refractivity contribution in [2.24, 2.45) is 0 Å². The molecule has 2 aromatic rings. The number of carboxylic acids is 1. The van der Waals surface area contributed by atoms with Crippen LogP contribution in [0.25, 0.3) is 11.3 Å². The van der Waals surface area contributed by atoms with Crippen molar-refractivity contribution in [3.05, 3.63) is 42.1 Å². The summed E-state index contributed by atoms with van der Waals surface area (Å²) in [5.41, 5.74) is 1.14. The summed E-state index contributed by atoms with van der Waals surface area (Å²) in [6, 6.07) is 10.3. The lowest BCUT2D eigenvalue weighted by atomic mass is 10.1. The minimum Gasteiger partial charge on any atom is -0.497 e. The summed E-state index contributed by atoms with van der Waals surface area (Å²) in [5.74, 6) is -0.0389. The van der Waals surface area contributed by atoms with E-state index in [-0.39, 0.29) is 5.69 Å². The lowest BCUT2D eigenvalue weighted by molar-refractivity contribution is 0.0690. The van der Waals surface area contributed by atoms with Crippen LogP contribution in [-0.2, 0) is 0 Å². The SMILES string of the molecule is COc1cc(C(=O)O)nc(-c2ccccc2OC)c1. The van der Waals surface area contributed by atoms with E-state index in [2.05, 4.69) is 4.98 Å². The van der Waals surface area contributed by atoms with Crippen LogP contribution in [0.3, 0.4) is 0 Å². The zero-order valence-electron chi connectivity index (χ0n) is 10.6. The smallest absolute Gasteiger partial charge is 0.354 e.